The van der Waals surface area contributed by atoms with Gasteiger partial charge in [0, 0.05) is 6.42 Å². The molecule has 0 fully saturated rings. The van der Waals surface area contributed by atoms with Crippen LogP contribution in [0.2, 0.25) is 0 Å². The summed E-state index contributed by atoms with van der Waals surface area (Å²) in [4.78, 5) is 11.2. The molecule has 1 atom stereocenters. The average Bonchev–Trinajstić information content (AvgIpc) is 2.39. The van der Waals surface area contributed by atoms with Gasteiger partial charge in [-0.05, 0) is 19.3 Å². The van der Waals surface area contributed by atoms with Gasteiger partial charge >= 0.3 is 5.97 Å². The fraction of sp³-hybridized carbons (Fsp3) is 0.941. The molecule has 0 aromatic heterocycles. The minimum atomic E-state index is -0.0360. The van der Waals surface area contributed by atoms with Crippen molar-refractivity contribution in [1.29, 1.82) is 0 Å². The van der Waals surface area contributed by atoms with Crippen molar-refractivity contribution in [3.8, 4) is 0 Å². The van der Waals surface area contributed by atoms with Crippen molar-refractivity contribution in [2.45, 2.75) is 91.4 Å². The fourth-order valence-electron chi connectivity index (χ4n) is 2.41. The van der Waals surface area contributed by atoms with E-state index in [1.165, 1.54) is 51.4 Å². The molecule has 0 rings (SSSR count). The van der Waals surface area contributed by atoms with E-state index < -0.39 is 0 Å². The van der Waals surface area contributed by atoms with Gasteiger partial charge in [-0.2, -0.15) is 0 Å². The molecule has 0 bridgehead atoms. The molecule has 0 amide bonds. The van der Waals surface area contributed by atoms with Crippen LogP contribution in [-0.4, -0.2) is 12.6 Å². The number of rotatable bonds is 13. The SMILES string of the molecule is CCCCCCCCC(C)CCCCC(=O)OCC. The lowest BCUT2D eigenvalue weighted by molar-refractivity contribution is -0.143. The highest BCUT2D eigenvalue weighted by Crippen LogP contribution is 2.17. The molecule has 0 aromatic carbocycles. The van der Waals surface area contributed by atoms with E-state index in [0.717, 1.165) is 18.8 Å². The second kappa shape index (κ2) is 13.9. The van der Waals surface area contributed by atoms with Gasteiger partial charge < -0.3 is 4.74 Å². The van der Waals surface area contributed by atoms with Crippen LogP contribution >= 0.6 is 0 Å². The predicted octanol–water partition coefficient (Wildman–Crippen LogP) is 5.50. The highest BCUT2D eigenvalue weighted by Gasteiger charge is 2.04. The molecular formula is C17H34O2. The van der Waals surface area contributed by atoms with E-state index in [4.69, 9.17) is 4.74 Å². The van der Waals surface area contributed by atoms with Gasteiger partial charge in [-0.3, -0.25) is 4.79 Å². The largest absolute Gasteiger partial charge is 0.466 e. The quantitative estimate of drug-likeness (QED) is 0.326. The summed E-state index contributed by atoms with van der Waals surface area (Å²) in [5.41, 5.74) is 0. The van der Waals surface area contributed by atoms with E-state index in [2.05, 4.69) is 13.8 Å². The van der Waals surface area contributed by atoms with E-state index in [1.807, 2.05) is 6.92 Å². The minimum absolute atomic E-state index is 0.0360. The lowest BCUT2D eigenvalue weighted by Crippen LogP contribution is -2.03. The molecule has 0 N–H and O–H groups in total. The van der Waals surface area contributed by atoms with Crippen LogP contribution in [-0.2, 0) is 9.53 Å². The van der Waals surface area contributed by atoms with Gasteiger partial charge in [0.05, 0.1) is 6.61 Å². The zero-order chi connectivity index (χ0) is 14.3. The van der Waals surface area contributed by atoms with Gasteiger partial charge in [-0.25, -0.2) is 0 Å². The molecule has 0 aliphatic carbocycles. The molecule has 0 saturated heterocycles. The monoisotopic (exact) mass is 270 g/mol. The molecule has 0 aliphatic heterocycles. The predicted molar refractivity (Wildman–Crippen MR) is 82.3 cm³/mol. The molecule has 0 saturated carbocycles. The first-order chi connectivity index (χ1) is 9.20. The molecule has 0 aromatic rings. The molecule has 2 heteroatoms. The van der Waals surface area contributed by atoms with E-state index in [9.17, 15) is 4.79 Å². The molecule has 0 aliphatic rings. The summed E-state index contributed by atoms with van der Waals surface area (Å²) in [6.45, 7) is 6.97. The Bertz CT molecular complexity index is 201. The van der Waals surface area contributed by atoms with E-state index in [-0.39, 0.29) is 5.97 Å². The average molecular weight is 270 g/mol. The summed E-state index contributed by atoms with van der Waals surface area (Å²) < 4.78 is 4.92. The number of hydrogen-bond acceptors (Lipinski definition) is 2. The van der Waals surface area contributed by atoms with Crippen molar-refractivity contribution in [1.82, 2.24) is 0 Å². The third kappa shape index (κ3) is 13.7. The zero-order valence-corrected chi connectivity index (χ0v) is 13.4. The summed E-state index contributed by atoms with van der Waals surface area (Å²) in [7, 11) is 0. The lowest BCUT2D eigenvalue weighted by atomic mass is 9.96. The maximum Gasteiger partial charge on any atom is 0.305 e. The van der Waals surface area contributed by atoms with Gasteiger partial charge in [0.15, 0.2) is 0 Å². The molecule has 1 unspecified atom stereocenters. The van der Waals surface area contributed by atoms with Crippen molar-refractivity contribution in [3.05, 3.63) is 0 Å². The summed E-state index contributed by atoms with van der Waals surface area (Å²) >= 11 is 0. The van der Waals surface area contributed by atoms with E-state index >= 15 is 0 Å². The van der Waals surface area contributed by atoms with Crippen LogP contribution in [0.25, 0.3) is 0 Å². The molecular weight excluding hydrogens is 236 g/mol. The molecule has 0 heterocycles. The van der Waals surface area contributed by atoms with Gasteiger partial charge in [0.2, 0.25) is 0 Å². The first kappa shape index (κ1) is 18.5. The van der Waals surface area contributed by atoms with Gasteiger partial charge in [0.25, 0.3) is 0 Å². The van der Waals surface area contributed by atoms with Crippen LogP contribution in [0.1, 0.15) is 91.4 Å². The summed E-state index contributed by atoms with van der Waals surface area (Å²) in [6.07, 6.45) is 13.7. The van der Waals surface area contributed by atoms with Crippen LogP contribution in [0.4, 0.5) is 0 Å². The Morgan fingerprint density at radius 3 is 2.11 bits per heavy atom. The van der Waals surface area contributed by atoms with Crippen molar-refractivity contribution in [2.75, 3.05) is 6.61 Å². The number of hydrogen-bond donors (Lipinski definition) is 0. The van der Waals surface area contributed by atoms with Gasteiger partial charge in [-0.15, -0.1) is 0 Å². The van der Waals surface area contributed by atoms with Crippen molar-refractivity contribution < 1.29 is 9.53 Å². The van der Waals surface area contributed by atoms with Crippen LogP contribution in [0, 0.1) is 5.92 Å². The number of ether oxygens (including phenoxy) is 1. The number of carbonyl (C=O) groups excluding carboxylic acids is 1. The summed E-state index contributed by atoms with van der Waals surface area (Å²) in [5.74, 6) is 0.777. The van der Waals surface area contributed by atoms with Crippen molar-refractivity contribution in [3.63, 3.8) is 0 Å². The fourth-order valence-corrected chi connectivity index (χ4v) is 2.41. The summed E-state index contributed by atoms with van der Waals surface area (Å²) in [5, 5.41) is 0. The second-order valence-electron chi connectivity index (χ2n) is 5.71. The standard InChI is InChI=1S/C17H34O2/c1-4-6-7-8-9-10-13-16(3)14-11-12-15-17(18)19-5-2/h16H,4-15H2,1-3H3. The highest BCUT2D eigenvalue weighted by atomic mass is 16.5. The van der Waals surface area contributed by atoms with Crippen molar-refractivity contribution in [2.24, 2.45) is 5.92 Å². The molecule has 2 nitrogen and oxygen atoms in total. The lowest BCUT2D eigenvalue weighted by Gasteiger charge is -2.10. The molecule has 114 valence electrons. The first-order valence-corrected chi connectivity index (χ1v) is 8.36. The smallest absolute Gasteiger partial charge is 0.305 e. The minimum Gasteiger partial charge on any atom is -0.466 e. The van der Waals surface area contributed by atoms with Crippen molar-refractivity contribution >= 4 is 5.97 Å². The Kier molecular flexibility index (Phi) is 13.5. The second-order valence-corrected chi connectivity index (χ2v) is 5.71. The number of unbranched alkanes of at least 4 members (excludes halogenated alkanes) is 6. The normalized spacial score (nSPS) is 12.4. The van der Waals surface area contributed by atoms with E-state index in [0.29, 0.717) is 13.0 Å². The van der Waals surface area contributed by atoms with Gasteiger partial charge in [-0.1, -0.05) is 71.6 Å². The maximum absolute atomic E-state index is 11.2. The maximum atomic E-state index is 11.2. The van der Waals surface area contributed by atoms with E-state index in [1.54, 1.807) is 0 Å². The molecule has 0 spiro atoms. The summed E-state index contributed by atoms with van der Waals surface area (Å²) in [6, 6.07) is 0. The van der Waals surface area contributed by atoms with Crippen LogP contribution < -0.4 is 0 Å². The Hall–Kier alpha value is -0.530. The highest BCUT2D eigenvalue weighted by molar-refractivity contribution is 5.69. The molecule has 0 radical (unpaired) electrons. The Balaban J connectivity index is 3.25. The Morgan fingerprint density at radius 2 is 1.47 bits per heavy atom. The third-order valence-electron chi connectivity index (χ3n) is 3.68. The Morgan fingerprint density at radius 1 is 0.895 bits per heavy atom. The number of carbonyl (C=O) groups is 1. The topological polar surface area (TPSA) is 26.3 Å². The third-order valence-corrected chi connectivity index (χ3v) is 3.68. The van der Waals surface area contributed by atoms with Gasteiger partial charge in [0.1, 0.15) is 0 Å². The Labute approximate surface area is 120 Å². The first-order valence-electron chi connectivity index (χ1n) is 8.36. The van der Waals surface area contributed by atoms with Crippen LogP contribution in [0.15, 0.2) is 0 Å². The number of esters is 1. The van der Waals surface area contributed by atoms with Crippen LogP contribution in [0.3, 0.4) is 0 Å². The molecule has 19 heavy (non-hydrogen) atoms. The zero-order valence-electron chi connectivity index (χ0n) is 13.4. The van der Waals surface area contributed by atoms with Crippen LogP contribution in [0.5, 0.6) is 0 Å².